The van der Waals surface area contributed by atoms with Crippen LogP contribution < -0.4 is 5.32 Å². The lowest BCUT2D eigenvalue weighted by atomic mass is 9.97. The maximum absolute atomic E-state index is 4.46. The molecule has 0 atom stereocenters. The van der Waals surface area contributed by atoms with Crippen LogP contribution in [0, 0.1) is 5.41 Å². The van der Waals surface area contributed by atoms with Gasteiger partial charge in [0.05, 0.1) is 0 Å². The molecule has 0 fully saturated rings. The molecule has 0 unspecified atom stereocenters. The number of anilines is 1. The number of nitrogens with zero attached hydrogens (tertiary/aromatic N) is 1. The van der Waals surface area contributed by atoms with Crippen LogP contribution in [0.25, 0.3) is 22.2 Å². The first kappa shape index (κ1) is 13.7. The van der Waals surface area contributed by atoms with Crippen molar-refractivity contribution in [1.29, 1.82) is 0 Å². The minimum Gasteiger partial charge on any atom is -0.385 e. The Morgan fingerprint density at radius 3 is 2.76 bits per heavy atom. The van der Waals surface area contributed by atoms with Gasteiger partial charge < -0.3 is 10.3 Å². The van der Waals surface area contributed by atoms with Gasteiger partial charge in [-0.05, 0) is 35.2 Å². The van der Waals surface area contributed by atoms with Gasteiger partial charge in [-0.25, -0.2) is 4.98 Å². The lowest BCUT2D eigenvalue weighted by molar-refractivity contribution is 0.443. The minimum absolute atomic E-state index is 0.265. The molecule has 0 amide bonds. The molecule has 3 aromatic rings. The molecule has 0 bridgehead atoms. The van der Waals surface area contributed by atoms with Gasteiger partial charge in [-0.2, -0.15) is 0 Å². The second-order valence-electron chi connectivity index (χ2n) is 6.63. The molecule has 108 valence electrons. The quantitative estimate of drug-likeness (QED) is 0.730. The van der Waals surface area contributed by atoms with E-state index in [4.69, 9.17) is 0 Å². The van der Waals surface area contributed by atoms with E-state index in [0.29, 0.717) is 0 Å². The molecule has 0 aliphatic heterocycles. The van der Waals surface area contributed by atoms with Crippen molar-refractivity contribution < 1.29 is 0 Å². The molecule has 2 N–H and O–H groups in total. The second-order valence-corrected chi connectivity index (χ2v) is 6.63. The van der Waals surface area contributed by atoms with Gasteiger partial charge >= 0.3 is 0 Å². The maximum Gasteiger partial charge on any atom is 0.137 e. The van der Waals surface area contributed by atoms with Crippen molar-refractivity contribution in [1.82, 2.24) is 9.97 Å². The summed E-state index contributed by atoms with van der Waals surface area (Å²) in [5.74, 6) is 0. The van der Waals surface area contributed by atoms with E-state index in [-0.39, 0.29) is 5.41 Å². The van der Waals surface area contributed by atoms with Gasteiger partial charge in [0.1, 0.15) is 5.65 Å². The highest BCUT2D eigenvalue weighted by atomic mass is 14.9. The van der Waals surface area contributed by atoms with Gasteiger partial charge in [-0.15, -0.1) is 0 Å². The Balaban J connectivity index is 1.88. The number of aromatic amines is 1. The van der Waals surface area contributed by atoms with Gasteiger partial charge in [0.15, 0.2) is 0 Å². The van der Waals surface area contributed by atoms with Crippen molar-refractivity contribution in [3.05, 3.63) is 48.8 Å². The molecule has 3 rings (SSSR count). The lowest BCUT2D eigenvalue weighted by Gasteiger charge is -2.20. The summed E-state index contributed by atoms with van der Waals surface area (Å²) in [4.78, 5) is 7.58. The fourth-order valence-electron chi connectivity index (χ4n) is 2.27. The van der Waals surface area contributed by atoms with E-state index in [1.54, 1.807) is 0 Å². The number of benzene rings is 1. The van der Waals surface area contributed by atoms with Crippen LogP contribution in [0.5, 0.6) is 0 Å². The summed E-state index contributed by atoms with van der Waals surface area (Å²) < 4.78 is 0. The summed E-state index contributed by atoms with van der Waals surface area (Å²) in [5.41, 5.74) is 4.67. The summed E-state index contributed by atoms with van der Waals surface area (Å²) in [7, 11) is 0. The number of pyridine rings is 1. The third-order valence-electron chi connectivity index (χ3n) is 3.42. The van der Waals surface area contributed by atoms with E-state index < -0.39 is 0 Å². The van der Waals surface area contributed by atoms with Gasteiger partial charge in [-0.1, -0.05) is 32.9 Å². The van der Waals surface area contributed by atoms with Crippen LogP contribution in [-0.4, -0.2) is 16.5 Å². The van der Waals surface area contributed by atoms with Crippen LogP contribution >= 0.6 is 0 Å². The Bertz CT molecular complexity index is 750. The first-order chi connectivity index (χ1) is 10.0. The summed E-state index contributed by atoms with van der Waals surface area (Å²) >= 11 is 0. The average Bonchev–Trinajstić information content (AvgIpc) is 2.92. The number of H-pyrrole nitrogens is 1. The molecule has 0 saturated heterocycles. The Labute approximate surface area is 125 Å². The summed E-state index contributed by atoms with van der Waals surface area (Å²) in [6.07, 6.45) is 3.84. The van der Waals surface area contributed by atoms with Crippen molar-refractivity contribution in [3.63, 3.8) is 0 Å². The number of nitrogens with one attached hydrogen (secondary N) is 2. The molecule has 0 aliphatic carbocycles. The molecule has 0 aliphatic rings. The predicted molar refractivity (Wildman–Crippen MR) is 89.5 cm³/mol. The van der Waals surface area contributed by atoms with Crippen molar-refractivity contribution in [3.8, 4) is 11.1 Å². The number of fused-ring (bicyclic) bond motifs is 1. The SMILES string of the molecule is CC(C)(C)CNc1cccc(-c2cnc3[nH]ccc3c2)c1. The summed E-state index contributed by atoms with van der Waals surface area (Å²) in [6, 6.07) is 12.7. The van der Waals surface area contributed by atoms with Crippen LogP contribution in [0.1, 0.15) is 20.8 Å². The van der Waals surface area contributed by atoms with Crippen LogP contribution in [0.4, 0.5) is 5.69 Å². The molecule has 1 aromatic carbocycles. The first-order valence-electron chi connectivity index (χ1n) is 7.29. The van der Waals surface area contributed by atoms with Crippen molar-refractivity contribution >= 4 is 16.7 Å². The Kier molecular flexibility index (Phi) is 3.42. The number of hydrogen-bond donors (Lipinski definition) is 2. The van der Waals surface area contributed by atoms with Gasteiger partial charge in [0.25, 0.3) is 0 Å². The highest BCUT2D eigenvalue weighted by molar-refractivity contribution is 5.81. The molecule has 3 nitrogen and oxygen atoms in total. The molecular weight excluding hydrogens is 258 g/mol. The van der Waals surface area contributed by atoms with Crippen LogP contribution in [0.2, 0.25) is 0 Å². The van der Waals surface area contributed by atoms with E-state index in [9.17, 15) is 0 Å². The monoisotopic (exact) mass is 279 g/mol. The average molecular weight is 279 g/mol. The highest BCUT2D eigenvalue weighted by Gasteiger charge is 2.09. The first-order valence-corrected chi connectivity index (χ1v) is 7.29. The second kappa shape index (κ2) is 5.24. The van der Waals surface area contributed by atoms with Crippen molar-refractivity contribution in [2.75, 3.05) is 11.9 Å². The number of hydrogen-bond acceptors (Lipinski definition) is 2. The number of aromatic nitrogens is 2. The largest absolute Gasteiger partial charge is 0.385 e. The molecule has 0 spiro atoms. The smallest absolute Gasteiger partial charge is 0.137 e. The normalized spacial score (nSPS) is 11.8. The number of rotatable bonds is 3. The molecule has 3 heteroatoms. The van der Waals surface area contributed by atoms with Gasteiger partial charge in [-0.3, -0.25) is 0 Å². The van der Waals surface area contributed by atoms with Crippen molar-refractivity contribution in [2.45, 2.75) is 20.8 Å². The predicted octanol–water partition coefficient (Wildman–Crippen LogP) is 4.69. The third kappa shape index (κ3) is 3.24. The van der Waals surface area contributed by atoms with E-state index in [1.165, 1.54) is 5.56 Å². The van der Waals surface area contributed by atoms with Gasteiger partial charge in [0.2, 0.25) is 0 Å². The fraction of sp³-hybridized carbons (Fsp3) is 0.278. The summed E-state index contributed by atoms with van der Waals surface area (Å²) in [5, 5.41) is 4.64. The Morgan fingerprint density at radius 1 is 1.10 bits per heavy atom. The summed E-state index contributed by atoms with van der Waals surface area (Å²) in [6.45, 7) is 7.64. The third-order valence-corrected chi connectivity index (χ3v) is 3.42. The Morgan fingerprint density at radius 2 is 1.95 bits per heavy atom. The van der Waals surface area contributed by atoms with E-state index in [1.807, 2.05) is 18.5 Å². The molecule has 2 aromatic heterocycles. The molecule has 0 radical (unpaired) electrons. The zero-order chi connectivity index (χ0) is 14.9. The Hall–Kier alpha value is -2.29. The maximum atomic E-state index is 4.46. The molecule has 2 heterocycles. The van der Waals surface area contributed by atoms with Gasteiger partial charge in [0, 0.05) is 35.6 Å². The molecular formula is C18H21N3. The highest BCUT2D eigenvalue weighted by Crippen LogP contribution is 2.25. The van der Waals surface area contributed by atoms with Crippen LogP contribution in [-0.2, 0) is 0 Å². The topological polar surface area (TPSA) is 40.7 Å². The minimum atomic E-state index is 0.265. The van der Waals surface area contributed by atoms with E-state index >= 15 is 0 Å². The molecule has 21 heavy (non-hydrogen) atoms. The van der Waals surface area contributed by atoms with E-state index in [0.717, 1.165) is 28.8 Å². The van der Waals surface area contributed by atoms with Crippen LogP contribution in [0.15, 0.2) is 48.8 Å². The van der Waals surface area contributed by atoms with Crippen LogP contribution in [0.3, 0.4) is 0 Å². The standard InChI is InChI=1S/C18H21N3/c1-18(2,3)12-21-16-6-4-5-13(10-16)15-9-14-7-8-19-17(14)20-11-15/h4-11,21H,12H2,1-3H3,(H,19,20). The van der Waals surface area contributed by atoms with E-state index in [2.05, 4.69) is 66.4 Å². The lowest BCUT2D eigenvalue weighted by Crippen LogP contribution is -2.18. The van der Waals surface area contributed by atoms with Crippen molar-refractivity contribution in [2.24, 2.45) is 5.41 Å². The molecule has 0 saturated carbocycles. The fourth-order valence-corrected chi connectivity index (χ4v) is 2.27. The zero-order valence-electron chi connectivity index (χ0n) is 12.8. The zero-order valence-corrected chi connectivity index (χ0v) is 12.8.